The minimum Gasteiger partial charge on any atom is -0.358 e. The summed E-state index contributed by atoms with van der Waals surface area (Å²) in [5.41, 5.74) is 5.43. The van der Waals surface area contributed by atoms with E-state index in [-0.39, 0.29) is 10.5 Å². The number of hydrazine groups is 1. The third-order valence-corrected chi connectivity index (χ3v) is 6.62. The Morgan fingerprint density at radius 2 is 1.88 bits per heavy atom. The summed E-state index contributed by atoms with van der Waals surface area (Å²) in [6.45, 7) is 2.19. The van der Waals surface area contributed by atoms with Gasteiger partial charge in [0.1, 0.15) is 0 Å². The zero-order valence-corrected chi connectivity index (χ0v) is 16.9. The van der Waals surface area contributed by atoms with Gasteiger partial charge in [-0.2, -0.15) is 0 Å². The predicted molar refractivity (Wildman–Crippen MR) is 105 cm³/mol. The monoisotopic (exact) mass is 398 g/mol. The van der Waals surface area contributed by atoms with Gasteiger partial charge in [-0.25, -0.2) is 12.7 Å². The van der Waals surface area contributed by atoms with E-state index >= 15 is 0 Å². The molecule has 26 heavy (non-hydrogen) atoms. The number of nitrogens with one attached hydrogen (secondary N) is 3. The Hall–Kier alpha value is -1.71. The van der Waals surface area contributed by atoms with Gasteiger partial charge >= 0.3 is 0 Å². The van der Waals surface area contributed by atoms with Crippen LogP contribution in [0.25, 0.3) is 0 Å². The quantitative estimate of drug-likeness (QED) is 0.528. The highest BCUT2D eigenvalue weighted by molar-refractivity contribution is 7.89. The first-order chi connectivity index (χ1) is 12.2. The number of thiocarbonyl (C=S) groups is 1. The van der Waals surface area contributed by atoms with Crippen molar-refractivity contribution in [1.29, 1.82) is 0 Å². The molecule has 144 valence electrons. The second kappa shape index (κ2) is 8.79. The highest BCUT2D eigenvalue weighted by Gasteiger charge is 2.22. The predicted octanol–water partition coefficient (Wildman–Crippen LogP) is 1.62. The van der Waals surface area contributed by atoms with Crippen molar-refractivity contribution < 1.29 is 13.2 Å². The van der Waals surface area contributed by atoms with Crippen molar-refractivity contribution in [3.05, 3.63) is 29.8 Å². The Kier molecular flexibility index (Phi) is 6.96. The molecule has 0 bridgehead atoms. The van der Waals surface area contributed by atoms with E-state index in [1.54, 1.807) is 6.07 Å². The Morgan fingerprint density at radius 3 is 2.54 bits per heavy atom. The van der Waals surface area contributed by atoms with Gasteiger partial charge in [0.05, 0.1) is 4.90 Å². The molecule has 0 saturated heterocycles. The lowest BCUT2D eigenvalue weighted by atomic mass is 9.86. The maximum absolute atomic E-state index is 12.3. The Bertz CT molecular complexity index is 765. The Morgan fingerprint density at radius 1 is 1.19 bits per heavy atom. The molecule has 1 amide bonds. The van der Waals surface area contributed by atoms with Crippen LogP contribution < -0.4 is 16.2 Å². The second-order valence-electron chi connectivity index (χ2n) is 6.74. The standard InChI is InChI=1S/C17H26N4O3S2/c1-12-7-4-5-10-15(12)18-17(25)20-19-16(22)13-8-6-9-14(11-13)26(23,24)21(2)3/h6,8-9,11-12,15H,4-5,7,10H2,1-3H3,(H,19,22)(H2,18,20,25)/t12-,15-/m0/s1. The van der Waals surface area contributed by atoms with Crippen molar-refractivity contribution in [2.45, 2.75) is 43.5 Å². The van der Waals surface area contributed by atoms with Gasteiger partial charge in [-0.15, -0.1) is 0 Å². The summed E-state index contributed by atoms with van der Waals surface area (Å²) in [7, 11) is -0.706. The van der Waals surface area contributed by atoms with Crippen LogP contribution in [-0.2, 0) is 10.0 Å². The van der Waals surface area contributed by atoms with Crippen LogP contribution in [-0.4, -0.2) is 43.9 Å². The molecular weight excluding hydrogens is 372 g/mol. The lowest BCUT2D eigenvalue weighted by Crippen LogP contribution is -2.51. The van der Waals surface area contributed by atoms with Crippen LogP contribution in [0.1, 0.15) is 43.0 Å². The van der Waals surface area contributed by atoms with Crippen LogP contribution in [0.5, 0.6) is 0 Å². The summed E-state index contributed by atoms with van der Waals surface area (Å²) in [5.74, 6) is 0.0776. The molecule has 0 heterocycles. The van der Waals surface area contributed by atoms with E-state index in [1.807, 2.05) is 0 Å². The first-order valence-corrected chi connectivity index (χ1v) is 10.5. The van der Waals surface area contributed by atoms with Crippen LogP contribution >= 0.6 is 12.2 Å². The molecule has 1 aliphatic carbocycles. The van der Waals surface area contributed by atoms with E-state index in [1.165, 1.54) is 51.6 Å². The summed E-state index contributed by atoms with van der Waals surface area (Å²) in [4.78, 5) is 12.3. The number of hydrogen-bond donors (Lipinski definition) is 3. The maximum Gasteiger partial charge on any atom is 0.269 e. The number of benzene rings is 1. The molecule has 0 unspecified atom stereocenters. The third-order valence-electron chi connectivity index (χ3n) is 4.59. The Balaban J connectivity index is 1.94. The fraction of sp³-hybridized carbons (Fsp3) is 0.529. The SMILES string of the molecule is C[C@H]1CCCC[C@@H]1NC(=S)NNC(=O)c1cccc(S(=O)(=O)N(C)C)c1. The van der Waals surface area contributed by atoms with Gasteiger partial charge in [-0.1, -0.05) is 25.8 Å². The van der Waals surface area contributed by atoms with E-state index in [0.717, 1.165) is 10.7 Å². The molecule has 1 aliphatic rings. The molecule has 0 aliphatic heterocycles. The fourth-order valence-electron chi connectivity index (χ4n) is 2.93. The van der Waals surface area contributed by atoms with E-state index < -0.39 is 15.9 Å². The van der Waals surface area contributed by atoms with E-state index in [4.69, 9.17) is 12.2 Å². The number of carbonyl (C=O) groups excluding carboxylic acids is 1. The molecule has 1 aromatic carbocycles. The highest BCUT2D eigenvalue weighted by atomic mass is 32.2. The average molecular weight is 399 g/mol. The lowest BCUT2D eigenvalue weighted by Gasteiger charge is -2.30. The van der Waals surface area contributed by atoms with E-state index in [2.05, 4.69) is 23.1 Å². The van der Waals surface area contributed by atoms with Gasteiger partial charge in [-0.05, 0) is 49.2 Å². The molecular formula is C17H26N4O3S2. The summed E-state index contributed by atoms with van der Waals surface area (Å²) in [6, 6.07) is 6.17. The van der Waals surface area contributed by atoms with Crippen molar-refractivity contribution in [2.75, 3.05) is 14.1 Å². The average Bonchev–Trinajstić information content (AvgIpc) is 2.61. The van der Waals surface area contributed by atoms with Gasteiger partial charge in [0.25, 0.3) is 5.91 Å². The minimum atomic E-state index is -3.59. The van der Waals surface area contributed by atoms with Crippen LogP contribution in [0.4, 0.5) is 0 Å². The van der Waals surface area contributed by atoms with Gasteiger partial charge in [-0.3, -0.25) is 15.6 Å². The molecule has 0 radical (unpaired) electrons. The van der Waals surface area contributed by atoms with E-state index in [9.17, 15) is 13.2 Å². The van der Waals surface area contributed by atoms with E-state index in [0.29, 0.717) is 17.1 Å². The molecule has 1 fully saturated rings. The van der Waals surface area contributed by atoms with Crippen molar-refractivity contribution in [3.63, 3.8) is 0 Å². The molecule has 9 heteroatoms. The number of nitrogens with zero attached hydrogens (tertiary/aromatic N) is 1. The van der Waals surface area contributed by atoms with Crippen molar-refractivity contribution >= 4 is 33.3 Å². The van der Waals surface area contributed by atoms with Gasteiger partial charge in [0, 0.05) is 25.7 Å². The number of hydrogen-bond acceptors (Lipinski definition) is 4. The molecule has 0 spiro atoms. The molecule has 7 nitrogen and oxygen atoms in total. The summed E-state index contributed by atoms with van der Waals surface area (Å²) >= 11 is 5.24. The molecule has 3 N–H and O–H groups in total. The molecule has 1 aromatic rings. The van der Waals surface area contributed by atoms with Gasteiger partial charge < -0.3 is 5.32 Å². The van der Waals surface area contributed by atoms with Crippen molar-refractivity contribution in [1.82, 2.24) is 20.5 Å². The topological polar surface area (TPSA) is 90.5 Å². The van der Waals surface area contributed by atoms with Gasteiger partial charge in [0.2, 0.25) is 10.0 Å². The number of sulfonamides is 1. The summed E-state index contributed by atoms with van der Waals surface area (Å²) in [5, 5.41) is 3.58. The highest BCUT2D eigenvalue weighted by Crippen LogP contribution is 2.23. The van der Waals surface area contributed by atoms with Crippen LogP contribution in [0.3, 0.4) is 0 Å². The first-order valence-electron chi connectivity index (χ1n) is 8.61. The molecule has 1 saturated carbocycles. The Labute approximate surface area is 160 Å². The zero-order valence-electron chi connectivity index (χ0n) is 15.3. The number of carbonyl (C=O) groups is 1. The largest absolute Gasteiger partial charge is 0.358 e. The number of amides is 1. The van der Waals surface area contributed by atoms with Crippen molar-refractivity contribution in [2.24, 2.45) is 5.92 Å². The van der Waals surface area contributed by atoms with Gasteiger partial charge in [0.15, 0.2) is 5.11 Å². The fourth-order valence-corrected chi connectivity index (χ4v) is 4.08. The summed E-state index contributed by atoms with van der Waals surface area (Å²) in [6.07, 6.45) is 4.63. The number of rotatable bonds is 4. The van der Waals surface area contributed by atoms with Crippen LogP contribution in [0, 0.1) is 5.92 Å². The van der Waals surface area contributed by atoms with Crippen LogP contribution in [0.15, 0.2) is 29.2 Å². The van der Waals surface area contributed by atoms with Crippen molar-refractivity contribution in [3.8, 4) is 0 Å². The molecule has 2 rings (SSSR count). The third kappa shape index (κ3) is 5.15. The lowest BCUT2D eigenvalue weighted by molar-refractivity contribution is 0.0943. The molecule has 0 aromatic heterocycles. The smallest absolute Gasteiger partial charge is 0.269 e. The maximum atomic E-state index is 12.3. The second-order valence-corrected chi connectivity index (χ2v) is 9.30. The first kappa shape index (κ1) is 20.6. The molecule has 2 atom stereocenters. The summed E-state index contributed by atoms with van der Waals surface area (Å²) < 4.78 is 25.4. The normalized spacial score (nSPS) is 20.5. The minimum absolute atomic E-state index is 0.0619. The zero-order chi connectivity index (χ0) is 19.3. The van der Waals surface area contributed by atoms with Crippen LogP contribution in [0.2, 0.25) is 0 Å².